The van der Waals surface area contributed by atoms with Crippen LogP contribution < -0.4 is 4.74 Å². The lowest BCUT2D eigenvalue weighted by Crippen LogP contribution is -2.15. The first-order chi connectivity index (χ1) is 7.81. The maximum Gasteiger partial charge on any atom is 0.335 e. The molecule has 0 saturated carbocycles. The number of benzene rings is 1. The molecule has 0 saturated heterocycles. The van der Waals surface area contributed by atoms with E-state index in [-0.39, 0.29) is 16.5 Å². The second-order valence-electron chi connectivity index (χ2n) is 4.77. The van der Waals surface area contributed by atoms with Crippen LogP contribution in [0.15, 0.2) is 12.1 Å². The summed E-state index contributed by atoms with van der Waals surface area (Å²) in [6.07, 6.45) is 0. The number of hydrogen-bond donors (Lipinski definition) is 1. The van der Waals surface area contributed by atoms with Gasteiger partial charge in [0.05, 0.1) is 18.2 Å². The fourth-order valence-corrected chi connectivity index (χ4v) is 1.61. The number of carbonyl (C=O) groups is 1. The quantitative estimate of drug-likeness (QED) is 0.852. The Bertz CT molecular complexity index is 493. The molecule has 0 bridgehead atoms. The third kappa shape index (κ3) is 2.56. The van der Waals surface area contributed by atoms with Crippen LogP contribution in [0.3, 0.4) is 0 Å². The summed E-state index contributed by atoms with van der Waals surface area (Å²) in [6.45, 7) is 5.83. The van der Waals surface area contributed by atoms with Crippen molar-refractivity contribution in [1.82, 2.24) is 0 Å². The molecule has 1 aromatic rings. The van der Waals surface area contributed by atoms with Gasteiger partial charge in [0.2, 0.25) is 0 Å². The fraction of sp³-hybridized carbons (Fsp3) is 0.385. The monoisotopic (exact) mass is 233 g/mol. The van der Waals surface area contributed by atoms with Gasteiger partial charge < -0.3 is 9.84 Å². The van der Waals surface area contributed by atoms with E-state index in [2.05, 4.69) is 0 Å². The molecule has 1 rings (SSSR count). The van der Waals surface area contributed by atoms with E-state index in [0.717, 1.165) is 5.56 Å². The molecule has 0 radical (unpaired) electrons. The van der Waals surface area contributed by atoms with Crippen LogP contribution in [-0.2, 0) is 5.41 Å². The second-order valence-corrected chi connectivity index (χ2v) is 4.77. The van der Waals surface area contributed by atoms with Crippen LogP contribution in [-0.4, -0.2) is 18.2 Å². The highest BCUT2D eigenvalue weighted by molar-refractivity contribution is 5.89. The van der Waals surface area contributed by atoms with Crippen molar-refractivity contribution in [2.75, 3.05) is 7.11 Å². The molecule has 1 N–H and O–H groups in total. The van der Waals surface area contributed by atoms with Gasteiger partial charge in [-0.25, -0.2) is 4.79 Å². The van der Waals surface area contributed by atoms with Crippen molar-refractivity contribution in [1.29, 1.82) is 5.26 Å². The van der Waals surface area contributed by atoms with Crippen molar-refractivity contribution in [3.63, 3.8) is 0 Å². The van der Waals surface area contributed by atoms with E-state index in [1.54, 1.807) is 6.07 Å². The van der Waals surface area contributed by atoms with E-state index in [4.69, 9.17) is 15.1 Å². The molecule has 17 heavy (non-hydrogen) atoms. The first kappa shape index (κ1) is 13.0. The zero-order valence-corrected chi connectivity index (χ0v) is 10.4. The number of aromatic carboxylic acids is 1. The van der Waals surface area contributed by atoms with Gasteiger partial charge in [0.25, 0.3) is 0 Å². The van der Waals surface area contributed by atoms with Crippen LogP contribution >= 0.6 is 0 Å². The minimum Gasteiger partial charge on any atom is -0.495 e. The number of ether oxygens (including phenoxy) is 1. The van der Waals surface area contributed by atoms with E-state index in [1.807, 2.05) is 26.8 Å². The molecule has 4 nitrogen and oxygen atoms in total. The first-order valence-electron chi connectivity index (χ1n) is 5.17. The summed E-state index contributed by atoms with van der Waals surface area (Å²) in [6, 6.07) is 4.85. The molecule has 0 unspecified atom stereocenters. The number of methoxy groups -OCH3 is 1. The van der Waals surface area contributed by atoms with E-state index in [0.29, 0.717) is 5.75 Å². The van der Waals surface area contributed by atoms with E-state index in [1.165, 1.54) is 13.2 Å². The molecule has 0 fully saturated rings. The van der Waals surface area contributed by atoms with Crippen LogP contribution in [0.4, 0.5) is 0 Å². The first-order valence-corrected chi connectivity index (χ1v) is 5.17. The molecular weight excluding hydrogens is 218 g/mol. The Morgan fingerprint density at radius 1 is 1.41 bits per heavy atom. The summed E-state index contributed by atoms with van der Waals surface area (Å²) in [4.78, 5) is 11.0. The van der Waals surface area contributed by atoms with Gasteiger partial charge in [-0.1, -0.05) is 20.8 Å². The molecule has 90 valence electrons. The molecule has 0 aliphatic heterocycles. The van der Waals surface area contributed by atoms with E-state index < -0.39 is 5.97 Å². The molecule has 0 aromatic heterocycles. The lowest BCUT2D eigenvalue weighted by molar-refractivity contribution is 0.0696. The fourth-order valence-electron chi connectivity index (χ4n) is 1.61. The Hall–Kier alpha value is -2.02. The van der Waals surface area contributed by atoms with Gasteiger partial charge in [0.15, 0.2) is 0 Å². The topological polar surface area (TPSA) is 70.3 Å². The van der Waals surface area contributed by atoms with Gasteiger partial charge >= 0.3 is 5.97 Å². The highest BCUT2D eigenvalue weighted by Gasteiger charge is 2.23. The molecule has 0 aliphatic rings. The lowest BCUT2D eigenvalue weighted by atomic mass is 9.84. The van der Waals surface area contributed by atoms with E-state index >= 15 is 0 Å². The Balaban J connectivity index is 3.61. The highest BCUT2D eigenvalue weighted by atomic mass is 16.5. The SMILES string of the molecule is COc1c(C#N)cc(C(=O)O)cc1C(C)(C)C. The maximum absolute atomic E-state index is 11.0. The molecule has 0 amide bonds. The van der Waals surface area contributed by atoms with Gasteiger partial charge in [-0.05, 0) is 17.5 Å². The van der Waals surface area contributed by atoms with Crippen molar-refractivity contribution < 1.29 is 14.6 Å². The Kier molecular flexibility index (Phi) is 3.42. The number of nitrogens with zero attached hydrogens (tertiary/aromatic N) is 1. The standard InChI is InChI=1S/C13H15NO3/c1-13(2,3)10-6-8(12(15)16)5-9(7-14)11(10)17-4/h5-6H,1-4H3,(H,15,16). The van der Waals surface area contributed by atoms with Crippen molar-refractivity contribution in [2.45, 2.75) is 26.2 Å². The molecule has 1 aromatic carbocycles. The molecular formula is C13H15NO3. The zero-order valence-electron chi connectivity index (χ0n) is 10.4. The summed E-state index contributed by atoms with van der Waals surface area (Å²) >= 11 is 0. The van der Waals surface area contributed by atoms with Crippen molar-refractivity contribution in [3.05, 3.63) is 28.8 Å². The number of rotatable bonds is 2. The molecule has 0 spiro atoms. The number of carboxylic acid groups (broad SMARTS) is 1. The van der Waals surface area contributed by atoms with Crippen molar-refractivity contribution >= 4 is 5.97 Å². The summed E-state index contributed by atoms with van der Waals surface area (Å²) in [7, 11) is 1.48. The molecule has 0 aliphatic carbocycles. The Morgan fingerprint density at radius 3 is 2.35 bits per heavy atom. The third-order valence-corrected chi connectivity index (χ3v) is 2.47. The summed E-state index contributed by atoms with van der Waals surface area (Å²) in [5.41, 5.74) is 0.781. The van der Waals surface area contributed by atoms with Gasteiger partial charge in [-0.2, -0.15) is 5.26 Å². The number of hydrogen-bond acceptors (Lipinski definition) is 3. The van der Waals surface area contributed by atoms with Crippen LogP contribution in [0, 0.1) is 11.3 Å². The predicted molar refractivity (Wildman–Crippen MR) is 63.4 cm³/mol. The summed E-state index contributed by atoms with van der Waals surface area (Å²) in [5.74, 6) is -0.598. The average Bonchev–Trinajstić information content (AvgIpc) is 2.25. The second kappa shape index (κ2) is 4.46. The molecule has 0 heterocycles. The summed E-state index contributed by atoms with van der Waals surface area (Å²) < 4.78 is 5.21. The van der Waals surface area contributed by atoms with Crippen LogP contribution in [0.5, 0.6) is 5.75 Å². The third-order valence-electron chi connectivity index (χ3n) is 2.47. The largest absolute Gasteiger partial charge is 0.495 e. The van der Waals surface area contributed by atoms with E-state index in [9.17, 15) is 4.79 Å². The molecule has 0 atom stereocenters. The smallest absolute Gasteiger partial charge is 0.335 e. The molecule has 4 heteroatoms. The number of nitriles is 1. The van der Waals surface area contributed by atoms with Gasteiger partial charge in [0, 0.05) is 5.56 Å². The van der Waals surface area contributed by atoms with Gasteiger partial charge in [-0.3, -0.25) is 0 Å². The predicted octanol–water partition coefficient (Wildman–Crippen LogP) is 2.56. The zero-order chi connectivity index (χ0) is 13.2. The van der Waals surface area contributed by atoms with Crippen LogP contribution in [0.25, 0.3) is 0 Å². The van der Waals surface area contributed by atoms with Gasteiger partial charge in [-0.15, -0.1) is 0 Å². The van der Waals surface area contributed by atoms with Crippen molar-refractivity contribution in [2.24, 2.45) is 0 Å². The average molecular weight is 233 g/mol. The van der Waals surface area contributed by atoms with Crippen LogP contribution in [0.2, 0.25) is 0 Å². The Morgan fingerprint density at radius 2 is 2.00 bits per heavy atom. The summed E-state index contributed by atoms with van der Waals surface area (Å²) in [5, 5.41) is 18.0. The maximum atomic E-state index is 11.0. The highest BCUT2D eigenvalue weighted by Crippen LogP contribution is 2.34. The lowest BCUT2D eigenvalue weighted by Gasteiger charge is -2.23. The number of carboxylic acids is 1. The normalized spacial score (nSPS) is 10.8. The minimum atomic E-state index is -1.05. The minimum absolute atomic E-state index is 0.104. The Labute approximate surface area is 100 Å². The van der Waals surface area contributed by atoms with Gasteiger partial charge in [0.1, 0.15) is 11.8 Å². The van der Waals surface area contributed by atoms with Crippen LogP contribution in [0.1, 0.15) is 42.3 Å². The van der Waals surface area contributed by atoms with Crippen molar-refractivity contribution in [3.8, 4) is 11.8 Å².